The number of rotatable bonds is 5. The van der Waals surface area contributed by atoms with Crippen LogP contribution in [0.4, 0.5) is 0 Å². The van der Waals surface area contributed by atoms with Gasteiger partial charge in [-0.3, -0.25) is 9.69 Å². The van der Waals surface area contributed by atoms with Gasteiger partial charge in [-0.25, -0.2) is 0 Å². The summed E-state index contributed by atoms with van der Waals surface area (Å²) < 4.78 is 10.6. The van der Waals surface area contributed by atoms with Crippen LogP contribution in [0.2, 0.25) is 0 Å². The predicted octanol–water partition coefficient (Wildman–Crippen LogP) is -0.471. The van der Waals surface area contributed by atoms with E-state index < -0.39 is 0 Å². The molecule has 0 radical (unpaired) electrons. The summed E-state index contributed by atoms with van der Waals surface area (Å²) in [5, 5.41) is 0. The number of hydrogen-bond donors (Lipinski definition) is 1. The van der Waals surface area contributed by atoms with E-state index in [1.807, 2.05) is 4.90 Å². The molecule has 0 spiro atoms. The molecule has 2 N–H and O–H groups in total. The van der Waals surface area contributed by atoms with Gasteiger partial charge in [0, 0.05) is 45.9 Å². The van der Waals surface area contributed by atoms with Crippen LogP contribution in [0.25, 0.3) is 0 Å². The number of methoxy groups -OCH3 is 1. The summed E-state index contributed by atoms with van der Waals surface area (Å²) in [7, 11) is 1.61. The van der Waals surface area contributed by atoms with Crippen LogP contribution in [0, 0.1) is 5.92 Å². The number of amides is 1. The average Bonchev–Trinajstić information content (AvgIpc) is 2.87. The predicted molar refractivity (Wildman–Crippen MR) is 76.4 cm³/mol. The van der Waals surface area contributed by atoms with Crippen molar-refractivity contribution in [2.24, 2.45) is 11.7 Å². The molecule has 2 aliphatic rings. The number of nitrogens with zero attached hydrogens (tertiary/aromatic N) is 2. The van der Waals surface area contributed by atoms with E-state index in [0.717, 1.165) is 39.4 Å². The van der Waals surface area contributed by atoms with Gasteiger partial charge in [-0.2, -0.15) is 0 Å². The molecule has 0 aliphatic carbocycles. The topological polar surface area (TPSA) is 68.0 Å². The largest absolute Gasteiger partial charge is 0.380 e. The second-order valence-electron chi connectivity index (χ2n) is 5.79. The molecule has 1 amide bonds. The maximum Gasteiger partial charge on any atom is 0.225 e. The first-order valence-corrected chi connectivity index (χ1v) is 7.48. The molecule has 116 valence electrons. The zero-order valence-electron chi connectivity index (χ0n) is 12.6. The number of carbonyl (C=O) groups excluding carboxylic acids is 1. The Morgan fingerprint density at radius 2 is 2.10 bits per heavy atom. The minimum absolute atomic E-state index is 0.157. The quantitative estimate of drug-likeness (QED) is 0.739. The Hall–Kier alpha value is -0.690. The molecule has 3 unspecified atom stereocenters. The maximum absolute atomic E-state index is 12.3. The summed E-state index contributed by atoms with van der Waals surface area (Å²) in [6.45, 7) is 7.82. The molecule has 0 aromatic heterocycles. The van der Waals surface area contributed by atoms with Gasteiger partial charge in [0.2, 0.25) is 5.91 Å². The van der Waals surface area contributed by atoms with E-state index in [0.29, 0.717) is 24.9 Å². The molecular weight excluding hydrogens is 258 g/mol. The standard InChI is InChI=1S/C14H27N3O3/c1-11-9-17(14(18)7-12(8-15)19-2)10-13(11)16-3-5-20-6-4-16/h11-13H,3-10,15H2,1-2H3. The van der Waals surface area contributed by atoms with Crippen molar-refractivity contribution in [3.8, 4) is 0 Å². The molecule has 2 aliphatic heterocycles. The van der Waals surface area contributed by atoms with Crippen LogP contribution in [0.15, 0.2) is 0 Å². The molecule has 0 aromatic rings. The van der Waals surface area contributed by atoms with Gasteiger partial charge >= 0.3 is 0 Å². The summed E-state index contributed by atoms with van der Waals surface area (Å²) >= 11 is 0. The van der Waals surface area contributed by atoms with Crippen molar-refractivity contribution >= 4 is 5.91 Å². The number of nitrogens with two attached hydrogens (primary N) is 1. The van der Waals surface area contributed by atoms with E-state index in [9.17, 15) is 4.79 Å². The SMILES string of the molecule is COC(CN)CC(=O)N1CC(C)C(N2CCOCC2)C1. The zero-order valence-corrected chi connectivity index (χ0v) is 12.6. The van der Waals surface area contributed by atoms with Gasteiger partial charge in [0.25, 0.3) is 0 Å². The Bertz CT molecular complexity index is 317. The summed E-state index contributed by atoms with van der Waals surface area (Å²) in [6, 6.07) is 0.460. The Balaban J connectivity index is 1.87. The van der Waals surface area contributed by atoms with Crippen LogP contribution in [-0.2, 0) is 14.3 Å². The minimum atomic E-state index is -0.166. The van der Waals surface area contributed by atoms with Crippen LogP contribution in [0.3, 0.4) is 0 Å². The normalized spacial score (nSPS) is 29.6. The monoisotopic (exact) mass is 285 g/mol. The summed E-state index contributed by atoms with van der Waals surface area (Å²) in [4.78, 5) is 16.7. The van der Waals surface area contributed by atoms with Gasteiger partial charge < -0.3 is 20.1 Å². The Morgan fingerprint density at radius 3 is 2.70 bits per heavy atom. The molecular formula is C14H27N3O3. The molecule has 6 heteroatoms. The molecule has 2 saturated heterocycles. The maximum atomic E-state index is 12.3. The lowest BCUT2D eigenvalue weighted by molar-refractivity contribution is -0.132. The lowest BCUT2D eigenvalue weighted by Crippen LogP contribution is -2.47. The highest BCUT2D eigenvalue weighted by atomic mass is 16.5. The highest BCUT2D eigenvalue weighted by Gasteiger charge is 2.36. The third-order valence-corrected chi connectivity index (χ3v) is 4.44. The van der Waals surface area contributed by atoms with Gasteiger partial charge in [0.15, 0.2) is 0 Å². The molecule has 6 nitrogen and oxygen atoms in total. The van der Waals surface area contributed by atoms with Crippen LogP contribution >= 0.6 is 0 Å². The fraction of sp³-hybridized carbons (Fsp3) is 0.929. The first-order valence-electron chi connectivity index (χ1n) is 7.48. The molecule has 3 atom stereocenters. The molecule has 20 heavy (non-hydrogen) atoms. The second-order valence-corrected chi connectivity index (χ2v) is 5.79. The summed E-state index contributed by atoms with van der Waals surface area (Å²) in [5.41, 5.74) is 5.58. The fourth-order valence-corrected chi connectivity index (χ4v) is 3.12. The van der Waals surface area contributed by atoms with Crippen molar-refractivity contribution in [3.05, 3.63) is 0 Å². The molecule has 0 aromatic carbocycles. The Labute approximate surface area is 121 Å². The van der Waals surface area contributed by atoms with Crippen molar-refractivity contribution in [1.29, 1.82) is 0 Å². The third kappa shape index (κ3) is 3.69. The van der Waals surface area contributed by atoms with Gasteiger partial charge in [-0.15, -0.1) is 0 Å². The van der Waals surface area contributed by atoms with Crippen LogP contribution in [-0.4, -0.2) is 80.9 Å². The second kappa shape index (κ2) is 7.36. The fourth-order valence-electron chi connectivity index (χ4n) is 3.12. The van der Waals surface area contributed by atoms with E-state index in [1.54, 1.807) is 7.11 Å². The first-order chi connectivity index (χ1) is 9.65. The van der Waals surface area contributed by atoms with E-state index in [2.05, 4.69) is 11.8 Å². The molecule has 2 fully saturated rings. The molecule has 0 saturated carbocycles. The minimum Gasteiger partial charge on any atom is -0.380 e. The van der Waals surface area contributed by atoms with E-state index in [-0.39, 0.29) is 12.0 Å². The van der Waals surface area contributed by atoms with Crippen LogP contribution < -0.4 is 5.73 Å². The van der Waals surface area contributed by atoms with Gasteiger partial charge in [0.05, 0.1) is 25.7 Å². The highest BCUT2D eigenvalue weighted by Crippen LogP contribution is 2.23. The Kier molecular flexibility index (Phi) is 5.77. The van der Waals surface area contributed by atoms with Crippen molar-refractivity contribution in [3.63, 3.8) is 0 Å². The van der Waals surface area contributed by atoms with Gasteiger partial charge in [-0.05, 0) is 5.92 Å². The molecule has 0 bridgehead atoms. The van der Waals surface area contributed by atoms with Crippen molar-refractivity contribution < 1.29 is 14.3 Å². The molecule has 2 heterocycles. The number of ether oxygens (including phenoxy) is 2. The average molecular weight is 285 g/mol. The third-order valence-electron chi connectivity index (χ3n) is 4.44. The van der Waals surface area contributed by atoms with Crippen molar-refractivity contribution in [2.45, 2.75) is 25.5 Å². The number of hydrogen-bond acceptors (Lipinski definition) is 5. The van der Waals surface area contributed by atoms with E-state index in [4.69, 9.17) is 15.2 Å². The van der Waals surface area contributed by atoms with Crippen molar-refractivity contribution in [1.82, 2.24) is 9.80 Å². The zero-order chi connectivity index (χ0) is 14.5. The smallest absolute Gasteiger partial charge is 0.225 e. The number of likely N-dealkylation sites (tertiary alicyclic amines) is 1. The summed E-state index contributed by atoms with van der Waals surface area (Å²) in [5.74, 6) is 0.667. The lowest BCUT2D eigenvalue weighted by atomic mass is 10.0. The number of carbonyl (C=O) groups is 1. The van der Waals surface area contributed by atoms with Crippen LogP contribution in [0.1, 0.15) is 13.3 Å². The highest BCUT2D eigenvalue weighted by molar-refractivity contribution is 5.77. The van der Waals surface area contributed by atoms with E-state index in [1.165, 1.54) is 0 Å². The first kappa shape index (κ1) is 15.7. The summed E-state index contributed by atoms with van der Waals surface area (Å²) in [6.07, 6.45) is 0.218. The van der Waals surface area contributed by atoms with E-state index >= 15 is 0 Å². The molecule has 2 rings (SSSR count). The van der Waals surface area contributed by atoms with Gasteiger partial charge in [-0.1, -0.05) is 6.92 Å². The van der Waals surface area contributed by atoms with Gasteiger partial charge in [0.1, 0.15) is 0 Å². The van der Waals surface area contributed by atoms with Crippen molar-refractivity contribution in [2.75, 3.05) is 53.0 Å². The van der Waals surface area contributed by atoms with Crippen LogP contribution in [0.5, 0.6) is 0 Å². The number of morpholine rings is 1. The Morgan fingerprint density at radius 1 is 1.40 bits per heavy atom. The lowest BCUT2D eigenvalue weighted by Gasteiger charge is -2.34.